The predicted octanol–water partition coefficient (Wildman–Crippen LogP) is 0.572. The number of nitrogens with one attached hydrogen (secondary N) is 1. The van der Waals surface area contributed by atoms with Gasteiger partial charge < -0.3 is 16.0 Å². The van der Waals surface area contributed by atoms with Crippen LogP contribution >= 0.6 is 0 Å². The molecule has 1 aromatic heterocycles. The van der Waals surface area contributed by atoms with Crippen LogP contribution in [0.2, 0.25) is 0 Å². The lowest BCUT2D eigenvalue weighted by Crippen LogP contribution is -2.44. The van der Waals surface area contributed by atoms with E-state index in [9.17, 15) is 9.59 Å². The highest BCUT2D eigenvalue weighted by Crippen LogP contribution is 2.06. The monoisotopic (exact) mass is 305 g/mol. The third kappa shape index (κ3) is 5.90. The third-order valence-electron chi connectivity index (χ3n) is 2.85. The predicted molar refractivity (Wildman–Crippen MR) is 86.0 cm³/mol. The smallest absolute Gasteiger partial charge is 0.244 e. The molecule has 0 aliphatic rings. The van der Waals surface area contributed by atoms with E-state index >= 15 is 0 Å². The number of carbonyl (C=O) groups is 2. The molecule has 1 rings (SSSR count). The van der Waals surface area contributed by atoms with Gasteiger partial charge in [0, 0.05) is 38.1 Å². The maximum absolute atomic E-state index is 11.8. The van der Waals surface area contributed by atoms with Gasteiger partial charge in [0.15, 0.2) is 0 Å². The van der Waals surface area contributed by atoms with E-state index in [0.29, 0.717) is 17.9 Å². The van der Waals surface area contributed by atoms with Crippen LogP contribution in [-0.4, -0.2) is 41.9 Å². The van der Waals surface area contributed by atoms with Gasteiger partial charge in [-0.05, 0) is 18.4 Å². The number of carbonyl (C=O) groups excluding carboxylic acids is 2. The van der Waals surface area contributed by atoms with Crippen molar-refractivity contribution in [2.45, 2.75) is 26.3 Å². The second kappa shape index (κ2) is 8.11. The number of rotatable bonds is 7. The maximum Gasteiger partial charge on any atom is 0.244 e. The Morgan fingerprint density at radius 1 is 1.32 bits per heavy atom. The van der Waals surface area contributed by atoms with Crippen molar-refractivity contribution < 1.29 is 9.59 Å². The van der Waals surface area contributed by atoms with Gasteiger partial charge in [-0.15, -0.1) is 0 Å². The molecule has 0 saturated heterocycles. The minimum atomic E-state index is -0.662. The summed E-state index contributed by atoms with van der Waals surface area (Å²) in [6.07, 6.45) is 6.67. The molecule has 7 heteroatoms. The van der Waals surface area contributed by atoms with Gasteiger partial charge in [0.1, 0.15) is 6.04 Å². The molecule has 7 nitrogen and oxygen atoms in total. The van der Waals surface area contributed by atoms with Crippen LogP contribution in [0.3, 0.4) is 0 Å². The SMILES string of the molecule is CC(C)C[C@H](NC(=O)/C=C/c1cnc(N(C)C)nc1)C(N)=O. The lowest BCUT2D eigenvalue weighted by Gasteiger charge is -2.16. The molecule has 0 saturated carbocycles. The van der Waals surface area contributed by atoms with E-state index in [1.807, 2.05) is 27.9 Å². The van der Waals surface area contributed by atoms with Gasteiger partial charge in [0.2, 0.25) is 17.8 Å². The summed E-state index contributed by atoms with van der Waals surface area (Å²) >= 11 is 0. The Balaban J connectivity index is 2.64. The number of anilines is 1. The van der Waals surface area contributed by atoms with Crippen LogP contribution in [0.15, 0.2) is 18.5 Å². The van der Waals surface area contributed by atoms with E-state index < -0.39 is 11.9 Å². The Labute approximate surface area is 130 Å². The van der Waals surface area contributed by atoms with Gasteiger partial charge >= 0.3 is 0 Å². The summed E-state index contributed by atoms with van der Waals surface area (Å²) in [5, 5.41) is 2.60. The summed E-state index contributed by atoms with van der Waals surface area (Å²) in [6.45, 7) is 3.92. The first-order valence-electron chi connectivity index (χ1n) is 7.07. The molecule has 120 valence electrons. The molecular weight excluding hydrogens is 282 g/mol. The fourth-order valence-corrected chi connectivity index (χ4v) is 1.76. The fourth-order valence-electron chi connectivity index (χ4n) is 1.76. The van der Waals surface area contributed by atoms with E-state index in [-0.39, 0.29) is 11.8 Å². The zero-order chi connectivity index (χ0) is 16.7. The Hall–Kier alpha value is -2.44. The van der Waals surface area contributed by atoms with E-state index in [4.69, 9.17) is 5.73 Å². The second-order valence-electron chi connectivity index (χ2n) is 5.64. The van der Waals surface area contributed by atoms with Crippen molar-refractivity contribution in [3.05, 3.63) is 24.0 Å². The van der Waals surface area contributed by atoms with Crippen molar-refractivity contribution in [1.29, 1.82) is 0 Å². The zero-order valence-corrected chi connectivity index (χ0v) is 13.4. The number of primary amides is 1. The third-order valence-corrected chi connectivity index (χ3v) is 2.85. The highest BCUT2D eigenvalue weighted by atomic mass is 16.2. The van der Waals surface area contributed by atoms with Crippen LogP contribution in [-0.2, 0) is 9.59 Å². The van der Waals surface area contributed by atoms with Crippen LogP contribution < -0.4 is 16.0 Å². The van der Waals surface area contributed by atoms with Gasteiger partial charge in [0.05, 0.1) is 0 Å². The van der Waals surface area contributed by atoms with Crippen molar-refractivity contribution in [2.75, 3.05) is 19.0 Å². The highest BCUT2D eigenvalue weighted by Gasteiger charge is 2.17. The quantitative estimate of drug-likeness (QED) is 0.717. The lowest BCUT2D eigenvalue weighted by atomic mass is 10.0. The van der Waals surface area contributed by atoms with Crippen LogP contribution in [0.1, 0.15) is 25.8 Å². The number of hydrogen-bond donors (Lipinski definition) is 2. The number of nitrogens with two attached hydrogens (primary N) is 1. The van der Waals surface area contributed by atoms with E-state index in [1.54, 1.807) is 23.4 Å². The Morgan fingerprint density at radius 2 is 1.91 bits per heavy atom. The Kier molecular flexibility index (Phi) is 6.49. The van der Waals surface area contributed by atoms with Crippen LogP contribution in [0.25, 0.3) is 6.08 Å². The summed E-state index contributed by atoms with van der Waals surface area (Å²) in [4.78, 5) is 33.2. The molecule has 0 spiro atoms. The topological polar surface area (TPSA) is 101 Å². The summed E-state index contributed by atoms with van der Waals surface area (Å²) < 4.78 is 0. The average molecular weight is 305 g/mol. The standard InChI is InChI=1S/C15H23N5O2/c1-10(2)7-12(14(16)22)19-13(21)6-5-11-8-17-15(18-9-11)20(3)4/h5-6,8-10,12H,7H2,1-4H3,(H2,16,22)(H,19,21)/b6-5+/t12-/m0/s1. The average Bonchev–Trinajstić information content (AvgIpc) is 2.44. The number of hydrogen-bond acceptors (Lipinski definition) is 5. The molecule has 1 atom stereocenters. The molecule has 2 amide bonds. The van der Waals surface area contributed by atoms with Gasteiger partial charge in [-0.2, -0.15) is 0 Å². The van der Waals surface area contributed by atoms with Crippen LogP contribution in [0, 0.1) is 5.92 Å². The van der Waals surface area contributed by atoms with Gasteiger partial charge in [-0.1, -0.05) is 13.8 Å². The van der Waals surface area contributed by atoms with Gasteiger partial charge in [-0.3, -0.25) is 9.59 Å². The molecule has 0 aliphatic carbocycles. The first-order chi connectivity index (χ1) is 10.3. The van der Waals surface area contributed by atoms with Gasteiger partial charge in [-0.25, -0.2) is 9.97 Å². The molecule has 0 radical (unpaired) electrons. The van der Waals surface area contributed by atoms with Crippen molar-refractivity contribution in [3.63, 3.8) is 0 Å². The summed E-state index contributed by atoms with van der Waals surface area (Å²) in [5.41, 5.74) is 5.98. The first-order valence-corrected chi connectivity index (χ1v) is 7.07. The molecule has 22 heavy (non-hydrogen) atoms. The minimum Gasteiger partial charge on any atom is -0.368 e. The van der Waals surface area contributed by atoms with Gasteiger partial charge in [0.25, 0.3) is 0 Å². The van der Waals surface area contributed by atoms with E-state index in [0.717, 1.165) is 0 Å². The fraction of sp³-hybridized carbons (Fsp3) is 0.467. The largest absolute Gasteiger partial charge is 0.368 e. The Bertz CT molecular complexity index is 537. The molecular formula is C15H23N5O2. The molecule has 0 bridgehead atoms. The van der Waals surface area contributed by atoms with E-state index in [1.165, 1.54) is 6.08 Å². The van der Waals surface area contributed by atoms with Crippen molar-refractivity contribution in [1.82, 2.24) is 15.3 Å². The highest BCUT2D eigenvalue weighted by molar-refractivity contribution is 5.95. The normalized spacial score (nSPS) is 12.4. The second-order valence-corrected chi connectivity index (χ2v) is 5.64. The Morgan fingerprint density at radius 3 is 2.36 bits per heavy atom. The van der Waals surface area contributed by atoms with E-state index in [2.05, 4.69) is 15.3 Å². The molecule has 0 aromatic carbocycles. The number of aromatic nitrogens is 2. The molecule has 0 aliphatic heterocycles. The van der Waals surface area contributed by atoms with Crippen molar-refractivity contribution in [3.8, 4) is 0 Å². The summed E-state index contributed by atoms with van der Waals surface area (Å²) in [7, 11) is 3.69. The molecule has 3 N–H and O–H groups in total. The minimum absolute atomic E-state index is 0.258. The first kappa shape index (κ1) is 17.6. The molecule has 0 fully saturated rings. The van der Waals surface area contributed by atoms with Crippen LogP contribution in [0.4, 0.5) is 5.95 Å². The summed E-state index contributed by atoms with van der Waals surface area (Å²) in [6, 6.07) is -0.662. The molecule has 0 unspecified atom stereocenters. The van der Waals surface area contributed by atoms with Crippen molar-refractivity contribution in [2.24, 2.45) is 11.7 Å². The maximum atomic E-state index is 11.8. The van der Waals surface area contributed by atoms with Crippen LogP contribution in [0.5, 0.6) is 0 Å². The molecule has 1 heterocycles. The molecule has 1 aromatic rings. The number of nitrogens with zero attached hydrogens (tertiary/aromatic N) is 3. The zero-order valence-electron chi connectivity index (χ0n) is 13.4. The summed E-state index contributed by atoms with van der Waals surface area (Å²) in [5.74, 6) is -0.0589. The van der Waals surface area contributed by atoms with Crippen molar-refractivity contribution >= 4 is 23.8 Å². The lowest BCUT2D eigenvalue weighted by molar-refractivity contribution is -0.125. The number of amides is 2.